The summed E-state index contributed by atoms with van der Waals surface area (Å²) in [4.78, 5) is 10.4. The van der Waals surface area contributed by atoms with Crippen molar-refractivity contribution in [1.82, 2.24) is 14.9 Å². The lowest BCUT2D eigenvalue weighted by Gasteiger charge is -2.26. The number of rotatable bonds is 5. The molecule has 0 aliphatic carbocycles. The van der Waals surface area contributed by atoms with E-state index in [1.54, 1.807) is 6.33 Å². The Bertz CT molecular complexity index is 328. The molecule has 0 radical (unpaired) electrons. The first-order chi connectivity index (χ1) is 7.50. The molecule has 0 spiro atoms. The zero-order chi connectivity index (χ0) is 12.1. The highest BCUT2D eigenvalue weighted by atomic mass is 127. The third-order valence-corrected chi connectivity index (χ3v) is 3.15. The molecule has 0 aliphatic rings. The third-order valence-electron chi connectivity index (χ3n) is 2.36. The van der Waals surface area contributed by atoms with E-state index in [9.17, 15) is 0 Å². The SMILES string of the molecule is CC(C)C(CN(C)C)Nc1ncncc1I. The van der Waals surface area contributed by atoms with Crippen molar-refractivity contribution >= 4 is 28.4 Å². The van der Waals surface area contributed by atoms with E-state index < -0.39 is 0 Å². The minimum atomic E-state index is 0.401. The molecule has 0 fully saturated rings. The molecule has 5 heteroatoms. The lowest BCUT2D eigenvalue weighted by atomic mass is 10.0. The number of halogens is 1. The summed E-state index contributed by atoms with van der Waals surface area (Å²) in [7, 11) is 4.17. The van der Waals surface area contributed by atoms with Crippen LogP contribution < -0.4 is 5.32 Å². The Labute approximate surface area is 111 Å². The maximum atomic E-state index is 4.26. The van der Waals surface area contributed by atoms with E-state index in [1.807, 2.05) is 6.20 Å². The fourth-order valence-electron chi connectivity index (χ4n) is 1.41. The van der Waals surface area contributed by atoms with Gasteiger partial charge in [0.25, 0.3) is 0 Å². The molecule has 0 saturated carbocycles. The summed E-state index contributed by atoms with van der Waals surface area (Å²) in [6.07, 6.45) is 3.40. The van der Waals surface area contributed by atoms with Gasteiger partial charge in [0.2, 0.25) is 0 Å². The Hall–Kier alpha value is -0.430. The molecule has 0 bridgehead atoms. The molecule has 0 aromatic carbocycles. The van der Waals surface area contributed by atoms with E-state index in [2.05, 4.69) is 70.7 Å². The van der Waals surface area contributed by atoms with Crippen LogP contribution in [-0.2, 0) is 0 Å². The molecule has 90 valence electrons. The van der Waals surface area contributed by atoms with E-state index in [0.717, 1.165) is 15.9 Å². The third kappa shape index (κ3) is 4.21. The van der Waals surface area contributed by atoms with Gasteiger partial charge in [-0.05, 0) is 42.6 Å². The van der Waals surface area contributed by atoms with Crippen LogP contribution in [0.25, 0.3) is 0 Å². The van der Waals surface area contributed by atoms with Crippen LogP contribution in [-0.4, -0.2) is 41.5 Å². The van der Waals surface area contributed by atoms with Gasteiger partial charge in [-0.15, -0.1) is 0 Å². The van der Waals surface area contributed by atoms with Crippen LogP contribution >= 0.6 is 22.6 Å². The molecular formula is C11H19IN4. The normalized spacial score (nSPS) is 13.2. The molecule has 1 rings (SSSR count). The first-order valence-corrected chi connectivity index (χ1v) is 6.45. The zero-order valence-electron chi connectivity index (χ0n) is 10.2. The topological polar surface area (TPSA) is 41.0 Å². The zero-order valence-corrected chi connectivity index (χ0v) is 12.4. The van der Waals surface area contributed by atoms with Gasteiger partial charge in [0.15, 0.2) is 0 Å². The molecule has 16 heavy (non-hydrogen) atoms. The molecule has 1 unspecified atom stereocenters. The second-order valence-corrected chi connectivity index (χ2v) is 5.64. The Morgan fingerprint density at radius 1 is 1.44 bits per heavy atom. The van der Waals surface area contributed by atoms with Crippen molar-refractivity contribution in [2.24, 2.45) is 5.92 Å². The average Bonchev–Trinajstić information content (AvgIpc) is 2.19. The minimum absolute atomic E-state index is 0.401. The Morgan fingerprint density at radius 2 is 2.12 bits per heavy atom. The maximum absolute atomic E-state index is 4.26. The Balaban J connectivity index is 2.72. The first kappa shape index (κ1) is 13.6. The van der Waals surface area contributed by atoms with E-state index >= 15 is 0 Å². The van der Waals surface area contributed by atoms with Gasteiger partial charge in [0.05, 0.1) is 3.57 Å². The number of nitrogens with one attached hydrogen (secondary N) is 1. The van der Waals surface area contributed by atoms with Gasteiger partial charge < -0.3 is 10.2 Å². The van der Waals surface area contributed by atoms with Crippen molar-refractivity contribution in [1.29, 1.82) is 0 Å². The van der Waals surface area contributed by atoms with Crippen LogP contribution in [0, 0.1) is 9.49 Å². The predicted molar refractivity (Wildman–Crippen MR) is 75.6 cm³/mol. The molecule has 0 saturated heterocycles. The molecule has 0 aliphatic heterocycles. The lowest BCUT2D eigenvalue weighted by molar-refractivity contribution is 0.344. The highest BCUT2D eigenvalue weighted by Gasteiger charge is 2.15. The van der Waals surface area contributed by atoms with E-state index in [-0.39, 0.29) is 0 Å². The average molecular weight is 334 g/mol. The second kappa shape index (κ2) is 6.34. The van der Waals surface area contributed by atoms with Crippen molar-refractivity contribution in [2.45, 2.75) is 19.9 Å². The molecule has 1 atom stereocenters. The van der Waals surface area contributed by atoms with E-state index in [1.165, 1.54) is 0 Å². The molecule has 0 amide bonds. The van der Waals surface area contributed by atoms with Crippen LogP contribution in [0.1, 0.15) is 13.8 Å². The quantitative estimate of drug-likeness (QED) is 0.837. The van der Waals surface area contributed by atoms with Gasteiger partial charge in [-0.2, -0.15) is 0 Å². The van der Waals surface area contributed by atoms with E-state index in [4.69, 9.17) is 0 Å². The standard InChI is InChI=1S/C11H19IN4/c1-8(2)10(6-16(3)4)15-11-9(12)5-13-7-14-11/h5,7-8,10H,6H2,1-4H3,(H,13,14,15). The van der Waals surface area contributed by atoms with Gasteiger partial charge in [-0.25, -0.2) is 9.97 Å². The van der Waals surface area contributed by atoms with Crippen LogP contribution in [0.2, 0.25) is 0 Å². The summed E-state index contributed by atoms with van der Waals surface area (Å²) in [5.41, 5.74) is 0. The number of hydrogen-bond donors (Lipinski definition) is 1. The maximum Gasteiger partial charge on any atom is 0.143 e. The van der Waals surface area contributed by atoms with Gasteiger partial charge in [-0.3, -0.25) is 0 Å². The fourth-order valence-corrected chi connectivity index (χ4v) is 1.87. The van der Waals surface area contributed by atoms with Gasteiger partial charge >= 0.3 is 0 Å². The summed E-state index contributed by atoms with van der Waals surface area (Å²) < 4.78 is 1.06. The minimum Gasteiger partial charge on any atom is -0.365 e. The molecule has 4 nitrogen and oxygen atoms in total. The van der Waals surface area contributed by atoms with Crippen LogP contribution in [0.5, 0.6) is 0 Å². The van der Waals surface area contributed by atoms with Crippen LogP contribution in [0.15, 0.2) is 12.5 Å². The highest BCUT2D eigenvalue weighted by molar-refractivity contribution is 14.1. The number of aromatic nitrogens is 2. The first-order valence-electron chi connectivity index (χ1n) is 5.37. The monoisotopic (exact) mass is 334 g/mol. The van der Waals surface area contributed by atoms with Crippen LogP contribution in [0.3, 0.4) is 0 Å². The Morgan fingerprint density at radius 3 is 2.62 bits per heavy atom. The number of nitrogens with zero attached hydrogens (tertiary/aromatic N) is 3. The summed E-state index contributed by atoms with van der Waals surface area (Å²) in [5, 5.41) is 3.48. The molecule has 1 aromatic rings. The predicted octanol–water partition coefficient (Wildman–Crippen LogP) is 2.08. The summed E-state index contributed by atoms with van der Waals surface area (Å²) in [5.74, 6) is 1.49. The van der Waals surface area contributed by atoms with Crippen molar-refractivity contribution in [3.8, 4) is 0 Å². The van der Waals surface area contributed by atoms with Gasteiger partial charge in [-0.1, -0.05) is 13.8 Å². The smallest absolute Gasteiger partial charge is 0.143 e. The van der Waals surface area contributed by atoms with Gasteiger partial charge in [0.1, 0.15) is 12.1 Å². The second-order valence-electron chi connectivity index (χ2n) is 4.48. The highest BCUT2D eigenvalue weighted by Crippen LogP contribution is 2.16. The van der Waals surface area contributed by atoms with Gasteiger partial charge in [0, 0.05) is 18.8 Å². The summed E-state index contributed by atoms with van der Waals surface area (Å²) in [6.45, 7) is 5.43. The number of anilines is 1. The van der Waals surface area contributed by atoms with Crippen molar-refractivity contribution in [3.05, 3.63) is 16.1 Å². The molecule has 1 aromatic heterocycles. The van der Waals surface area contributed by atoms with Crippen molar-refractivity contribution in [3.63, 3.8) is 0 Å². The van der Waals surface area contributed by atoms with Crippen molar-refractivity contribution in [2.75, 3.05) is 26.0 Å². The van der Waals surface area contributed by atoms with Crippen molar-refractivity contribution < 1.29 is 0 Å². The fraction of sp³-hybridized carbons (Fsp3) is 0.636. The number of hydrogen-bond acceptors (Lipinski definition) is 4. The van der Waals surface area contributed by atoms with Crippen LogP contribution in [0.4, 0.5) is 5.82 Å². The molecular weight excluding hydrogens is 315 g/mol. The largest absolute Gasteiger partial charge is 0.365 e. The molecule has 1 N–H and O–H groups in total. The number of likely N-dealkylation sites (N-methyl/N-ethyl adjacent to an activating group) is 1. The summed E-state index contributed by atoms with van der Waals surface area (Å²) >= 11 is 2.25. The summed E-state index contributed by atoms with van der Waals surface area (Å²) in [6, 6.07) is 0.401. The Kier molecular flexibility index (Phi) is 5.40. The molecule has 1 heterocycles. The lowest BCUT2D eigenvalue weighted by Crippen LogP contribution is -2.36. The van der Waals surface area contributed by atoms with E-state index in [0.29, 0.717) is 12.0 Å².